The average Bonchev–Trinajstić information content (AvgIpc) is 2.76. The van der Waals surface area contributed by atoms with Crippen molar-refractivity contribution in [2.45, 2.75) is 0 Å². The quantitative estimate of drug-likeness (QED) is 0.727. The van der Waals surface area contributed by atoms with Gasteiger partial charge in [0.1, 0.15) is 3.79 Å². The van der Waals surface area contributed by atoms with Crippen LogP contribution in [0.25, 0.3) is 0 Å². The van der Waals surface area contributed by atoms with Gasteiger partial charge in [-0.25, -0.2) is 4.79 Å². The van der Waals surface area contributed by atoms with Crippen molar-refractivity contribution >= 4 is 60.5 Å². The van der Waals surface area contributed by atoms with E-state index in [1.807, 2.05) is 10.8 Å². The molecule has 2 aromatic heterocycles. The number of rotatable bonds is 2. The molecule has 78 valence electrons. The Morgan fingerprint density at radius 2 is 1.80 bits per heavy atom. The predicted molar refractivity (Wildman–Crippen MR) is 69.0 cm³/mol. The Labute approximate surface area is 111 Å². The van der Waals surface area contributed by atoms with Crippen molar-refractivity contribution in [3.8, 4) is 5.75 Å². The number of ether oxygens (including phenoxy) is 1. The largest absolute Gasteiger partial charge is 0.421 e. The molecule has 0 saturated carbocycles. The zero-order chi connectivity index (χ0) is 10.8. The van der Waals surface area contributed by atoms with Crippen molar-refractivity contribution in [1.82, 2.24) is 0 Å². The summed E-state index contributed by atoms with van der Waals surface area (Å²) in [6.45, 7) is 0. The average molecular weight is 368 g/mol. The maximum atomic E-state index is 11.7. The summed E-state index contributed by atoms with van der Waals surface area (Å²) in [6, 6.07) is 3.49. The summed E-state index contributed by atoms with van der Waals surface area (Å²) in [5.41, 5.74) is 0.554. The number of esters is 1. The molecule has 2 rings (SSSR count). The summed E-state index contributed by atoms with van der Waals surface area (Å²) < 4.78 is 6.82. The van der Waals surface area contributed by atoms with Crippen molar-refractivity contribution in [3.05, 3.63) is 36.0 Å². The lowest BCUT2D eigenvalue weighted by atomic mass is 10.3. The van der Waals surface area contributed by atoms with Crippen LogP contribution in [0.2, 0.25) is 0 Å². The molecule has 0 atom stereocenters. The van der Waals surface area contributed by atoms with Crippen molar-refractivity contribution in [2.75, 3.05) is 0 Å². The van der Waals surface area contributed by atoms with Crippen LogP contribution in [-0.2, 0) is 0 Å². The highest BCUT2D eigenvalue weighted by Crippen LogP contribution is 2.32. The van der Waals surface area contributed by atoms with Gasteiger partial charge >= 0.3 is 5.97 Å². The molecule has 0 N–H and O–H groups in total. The number of carbonyl (C=O) groups is 1. The number of thiophene rings is 2. The van der Waals surface area contributed by atoms with Gasteiger partial charge in [0.05, 0.1) is 9.35 Å². The highest BCUT2D eigenvalue weighted by molar-refractivity contribution is 9.11. The Morgan fingerprint density at radius 1 is 1.13 bits per heavy atom. The van der Waals surface area contributed by atoms with E-state index in [1.165, 1.54) is 22.7 Å². The van der Waals surface area contributed by atoms with Crippen LogP contribution in [0.3, 0.4) is 0 Å². The summed E-state index contributed by atoms with van der Waals surface area (Å²) >= 11 is 9.54. The molecular weight excluding hydrogens is 364 g/mol. The van der Waals surface area contributed by atoms with Crippen molar-refractivity contribution in [2.24, 2.45) is 0 Å². The molecule has 2 heterocycles. The topological polar surface area (TPSA) is 26.3 Å². The van der Waals surface area contributed by atoms with E-state index in [0.717, 1.165) is 7.57 Å². The van der Waals surface area contributed by atoms with Crippen LogP contribution in [0.5, 0.6) is 5.75 Å². The zero-order valence-electron chi connectivity index (χ0n) is 7.20. The minimum Gasteiger partial charge on any atom is -0.421 e. The van der Waals surface area contributed by atoms with Gasteiger partial charge in [-0.1, -0.05) is 0 Å². The molecule has 0 aliphatic heterocycles. The van der Waals surface area contributed by atoms with Crippen LogP contribution in [0.15, 0.2) is 30.5 Å². The van der Waals surface area contributed by atoms with E-state index in [1.54, 1.807) is 12.1 Å². The van der Waals surface area contributed by atoms with Crippen LogP contribution in [-0.4, -0.2) is 5.97 Å². The van der Waals surface area contributed by atoms with Gasteiger partial charge in [-0.15, -0.1) is 22.7 Å². The molecule has 0 aliphatic carbocycles. The third-order valence-corrected chi connectivity index (χ3v) is 4.94. The van der Waals surface area contributed by atoms with Crippen LogP contribution < -0.4 is 4.74 Å². The molecular formula is C9H4Br2O2S2. The summed E-state index contributed by atoms with van der Waals surface area (Å²) in [6.07, 6.45) is 0. The lowest BCUT2D eigenvalue weighted by Crippen LogP contribution is -2.07. The first kappa shape index (κ1) is 11.3. The molecule has 2 aromatic rings. The van der Waals surface area contributed by atoms with Crippen molar-refractivity contribution < 1.29 is 9.53 Å². The van der Waals surface area contributed by atoms with Crippen LogP contribution in [0, 0.1) is 0 Å². The number of hydrogen-bond donors (Lipinski definition) is 0. The van der Waals surface area contributed by atoms with Gasteiger partial charge in [0.2, 0.25) is 0 Å². The van der Waals surface area contributed by atoms with Crippen molar-refractivity contribution in [1.29, 1.82) is 0 Å². The van der Waals surface area contributed by atoms with E-state index in [-0.39, 0.29) is 5.97 Å². The molecule has 0 spiro atoms. The highest BCUT2D eigenvalue weighted by Gasteiger charge is 2.15. The second-order valence-corrected chi connectivity index (χ2v) is 7.02. The monoisotopic (exact) mass is 366 g/mol. The molecule has 2 nitrogen and oxygen atoms in total. The molecule has 0 amide bonds. The third-order valence-electron chi connectivity index (χ3n) is 1.63. The molecule has 0 aromatic carbocycles. The maximum absolute atomic E-state index is 11.7. The molecule has 0 unspecified atom stereocenters. The second kappa shape index (κ2) is 4.78. The number of carbonyl (C=O) groups excluding carboxylic acids is 1. The van der Waals surface area contributed by atoms with Gasteiger partial charge in [-0.05, 0) is 54.8 Å². The van der Waals surface area contributed by atoms with Gasteiger partial charge < -0.3 is 4.74 Å². The first-order valence-electron chi connectivity index (χ1n) is 3.86. The van der Waals surface area contributed by atoms with Crippen LogP contribution >= 0.6 is 54.5 Å². The predicted octanol–water partition coefficient (Wildman–Crippen LogP) is 4.55. The van der Waals surface area contributed by atoms with Gasteiger partial charge in [-0.2, -0.15) is 0 Å². The SMILES string of the molecule is O=C(Oc1ccsc1Br)c1ccsc1Br. The van der Waals surface area contributed by atoms with Crippen LogP contribution in [0.1, 0.15) is 10.4 Å². The van der Waals surface area contributed by atoms with E-state index in [0.29, 0.717) is 11.3 Å². The number of halogens is 2. The molecule has 0 bridgehead atoms. The standard InChI is InChI=1S/C9H4Br2O2S2/c10-7-5(1-3-14-7)9(12)13-6-2-4-15-8(6)11/h1-4H. The fourth-order valence-electron chi connectivity index (χ4n) is 0.947. The maximum Gasteiger partial charge on any atom is 0.345 e. The summed E-state index contributed by atoms with van der Waals surface area (Å²) in [4.78, 5) is 11.7. The summed E-state index contributed by atoms with van der Waals surface area (Å²) in [5.74, 6) is 0.213. The van der Waals surface area contributed by atoms with Gasteiger partial charge in [0.15, 0.2) is 5.75 Å². The highest BCUT2D eigenvalue weighted by atomic mass is 79.9. The molecule has 6 heteroatoms. The number of hydrogen-bond acceptors (Lipinski definition) is 4. The molecule has 0 radical (unpaired) electrons. The molecule has 0 fully saturated rings. The zero-order valence-corrected chi connectivity index (χ0v) is 12.0. The molecule has 0 aliphatic rings. The smallest absolute Gasteiger partial charge is 0.345 e. The van der Waals surface area contributed by atoms with Gasteiger partial charge in [0.25, 0.3) is 0 Å². The third kappa shape index (κ3) is 2.50. The summed E-state index contributed by atoms with van der Waals surface area (Å²) in [5, 5.41) is 3.69. The minimum absolute atomic E-state index is 0.345. The second-order valence-electron chi connectivity index (χ2n) is 2.56. The van der Waals surface area contributed by atoms with Crippen molar-refractivity contribution in [3.63, 3.8) is 0 Å². The minimum atomic E-state index is -0.345. The fraction of sp³-hybridized carbons (Fsp3) is 0. The van der Waals surface area contributed by atoms with E-state index >= 15 is 0 Å². The Morgan fingerprint density at radius 3 is 2.33 bits per heavy atom. The van der Waals surface area contributed by atoms with Gasteiger partial charge in [0, 0.05) is 0 Å². The Hall–Kier alpha value is -0.170. The Kier molecular flexibility index (Phi) is 3.60. The van der Waals surface area contributed by atoms with E-state index in [4.69, 9.17) is 4.74 Å². The fourth-order valence-corrected chi connectivity index (χ4v) is 3.24. The first-order valence-corrected chi connectivity index (χ1v) is 7.21. The van der Waals surface area contributed by atoms with Crippen LogP contribution in [0.4, 0.5) is 0 Å². The normalized spacial score (nSPS) is 10.3. The van der Waals surface area contributed by atoms with E-state index < -0.39 is 0 Å². The van der Waals surface area contributed by atoms with Gasteiger partial charge in [-0.3, -0.25) is 0 Å². The van der Waals surface area contributed by atoms with E-state index in [2.05, 4.69) is 31.9 Å². The lowest BCUT2D eigenvalue weighted by Gasteiger charge is -2.01. The first-order chi connectivity index (χ1) is 7.18. The Balaban J connectivity index is 2.18. The Bertz CT molecular complexity index is 490. The molecule has 15 heavy (non-hydrogen) atoms. The van der Waals surface area contributed by atoms with E-state index in [9.17, 15) is 4.79 Å². The lowest BCUT2D eigenvalue weighted by molar-refractivity contribution is 0.0734. The summed E-state index contributed by atoms with van der Waals surface area (Å²) in [7, 11) is 0. The molecule has 0 saturated heterocycles.